The van der Waals surface area contributed by atoms with Gasteiger partial charge in [-0.15, -0.1) is 0 Å². The summed E-state index contributed by atoms with van der Waals surface area (Å²) in [7, 11) is 0. The summed E-state index contributed by atoms with van der Waals surface area (Å²) in [6, 6.07) is 2.42. The quantitative estimate of drug-likeness (QED) is 0.765. The molecule has 0 radical (unpaired) electrons. The van der Waals surface area contributed by atoms with E-state index in [1.54, 1.807) is 0 Å². The van der Waals surface area contributed by atoms with Crippen LogP contribution in [0.3, 0.4) is 0 Å². The Morgan fingerprint density at radius 3 is 1.96 bits per heavy atom. The van der Waals surface area contributed by atoms with E-state index in [1.165, 1.54) is 32.1 Å². The highest BCUT2D eigenvalue weighted by Crippen LogP contribution is 2.57. The number of nitrogens with zero attached hydrogens (tertiary/aromatic N) is 3. The third-order valence-electron chi connectivity index (χ3n) is 8.16. The third kappa shape index (κ3) is 2.35. The molecule has 1 saturated carbocycles. The topological polar surface area (TPSA) is 47.3 Å². The van der Waals surface area contributed by atoms with Crippen molar-refractivity contribution in [1.82, 2.24) is 9.80 Å². The smallest absolute Gasteiger partial charge is 0.150 e. The van der Waals surface area contributed by atoms with E-state index < -0.39 is 0 Å². The lowest BCUT2D eigenvalue weighted by atomic mass is 9.56. The molecule has 4 bridgehead atoms. The van der Waals surface area contributed by atoms with E-state index in [1.807, 2.05) is 0 Å². The van der Waals surface area contributed by atoms with Crippen LogP contribution in [0.4, 0.5) is 0 Å². The number of hydrogen-bond donors (Lipinski definition) is 0. The van der Waals surface area contributed by atoms with E-state index in [9.17, 15) is 10.1 Å². The van der Waals surface area contributed by atoms with Gasteiger partial charge in [0.2, 0.25) is 0 Å². The maximum atomic E-state index is 13.3. The van der Waals surface area contributed by atoms with Crippen LogP contribution in [-0.2, 0) is 4.79 Å². The van der Waals surface area contributed by atoms with E-state index in [2.05, 4.69) is 29.7 Å². The minimum absolute atomic E-state index is 0.131. The summed E-state index contributed by atoms with van der Waals surface area (Å²) in [6.45, 7) is 8.24. The number of Topliss-reactive ketones (excluding diaryl/α,β-unsaturated/α-hetero) is 1. The highest BCUT2D eigenvalue weighted by atomic mass is 16.1. The lowest BCUT2D eigenvalue weighted by Crippen LogP contribution is -2.81. The van der Waals surface area contributed by atoms with Crippen LogP contribution in [0.1, 0.15) is 71.6 Å². The predicted molar refractivity (Wildman–Crippen MR) is 97.8 cm³/mol. The first-order chi connectivity index (χ1) is 12.0. The molecule has 0 N–H and O–H groups in total. The molecule has 0 aromatic heterocycles. The molecule has 5 fully saturated rings. The molecule has 25 heavy (non-hydrogen) atoms. The number of piperidine rings is 2. The average Bonchev–Trinajstić information content (AvgIpc) is 2.64. The molecule has 0 aromatic carbocycles. The molecule has 0 amide bonds. The van der Waals surface area contributed by atoms with Crippen molar-refractivity contribution in [3.05, 3.63) is 0 Å². The fraction of sp³-hybridized carbons (Fsp3) is 0.905. The van der Waals surface area contributed by atoms with Gasteiger partial charge >= 0.3 is 0 Å². The van der Waals surface area contributed by atoms with Crippen molar-refractivity contribution >= 4 is 5.78 Å². The summed E-state index contributed by atoms with van der Waals surface area (Å²) < 4.78 is 0. The molecular weight excluding hydrogens is 310 g/mol. The van der Waals surface area contributed by atoms with Gasteiger partial charge in [-0.3, -0.25) is 14.6 Å². The van der Waals surface area contributed by atoms with Gasteiger partial charge in [0.1, 0.15) is 5.78 Å². The highest BCUT2D eigenvalue weighted by molar-refractivity contribution is 5.93. The molecular formula is C21H33N3O. The summed E-state index contributed by atoms with van der Waals surface area (Å²) >= 11 is 0. The Balaban J connectivity index is 1.70. The van der Waals surface area contributed by atoms with Gasteiger partial charge in [0.05, 0.1) is 23.1 Å². The van der Waals surface area contributed by atoms with Crippen LogP contribution in [0.15, 0.2) is 0 Å². The molecule has 138 valence electrons. The number of carbonyl (C=O) groups excluding carboxylic acids is 1. The van der Waals surface area contributed by atoms with Gasteiger partial charge in [0, 0.05) is 38.0 Å². The van der Waals surface area contributed by atoms with Gasteiger partial charge in [-0.25, -0.2) is 0 Å². The SMILES string of the molecule is CCC12CN3CC(CC)(CN(C1)C3C1(CCC#N)CCCCC1)C2=O. The maximum absolute atomic E-state index is 13.3. The van der Waals surface area contributed by atoms with Crippen LogP contribution in [-0.4, -0.2) is 47.9 Å². The first kappa shape index (κ1) is 17.5. The number of hydrogen-bond acceptors (Lipinski definition) is 4. The second-order valence-electron chi connectivity index (χ2n) is 9.36. The van der Waals surface area contributed by atoms with Crippen LogP contribution >= 0.6 is 0 Å². The Bertz CT molecular complexity index is 544. The molecule has 1 aliphatic carbocycles. The molecule has 5 rings (SSSR count). The fourth-order valence-electron chi connectivity index (χ4n) is 6.93. The molecule has 4 nitrogen and oxygen atoms in total. The summed E-state index contributed by atoms with van der Waals surface area (Å²) in [6.07, 6.45) is 10.6. The van der Waals surface area contributed by atoms with Gasteiger partial charge < -0.3 is 0 Å². The predicted octanol–water partition coefficient (Wildman–Crippen LogP) is 3.57. The van der Waals surface area contributed by atoms with Crippen molar-refractivity contribution in [2.45, 2.75) is 77.8 Å². The third-order valence-corrected chi connectivity index (χ3v) is 8.16. The molecule has 4 aliphatic heterocycles. The van der Waals surface area contributed by atoms with Gasteiger partial charge in [0.25, 0.3) is 0 Å². The number of ketones is 1. The van der Waals surface area contributed by atoms with Crippen molar-refractivity contribution < 1.29 is 4.79 Å². The normalized spacial score (nSPS) is 44.7. The number of carbonyl (C=O) groups is 1. The summed E-state index contributed by atoms with van der Waals surface area (Å²) in [5.41, 5.74) is 0.0103. The summed E-state index contributed by atoms with van der Waals surface area (Å²) in [5.74, 6) is 0.561. The Hall–Kier alpha value is -0.920. The Labute approximate surface area is 152 Å². The Morgan fingerprint density at radius 2 is 1.52 bits per heavy atom. The first-order valence-corrected chi connectivity index (χ1v) is 10.4. The molecule has 5 aliphatic rings. The van der Waals surface area contributed by atoms with Crippen molar-refractivity contribution in [3.8, 4) is 6.07 Å². The Morgan fingerprint density at radius 1 is 1.00 bits per heavy atom. The van der Waals surface area contributed by atoms with E-state index in [0.29, 0.717) is 18.4 Å². The monoisotopic (exact) mass is 343 g/mol. The molecule has 0 unspecified atom stereocenters. The zero-order valence-corrected chi connectivity index (χ0v) is 16.0. The van der Waals surface area contributed by atoms with Crippen LogP contribution in [0.5, 0.6) is 0 Å². The number of nitriles is 1. The second-order valence-corrected chi connectivity index (χ2v) is 9.36. The van der Waals surface area contributed by atoms with Crippen molar-refractivity contribution in [2.75, 3.05) is 26.2 Å². The van der Waals surface area contributed by atoms with Gasteiger partial charge in [-0.05, 0) is 32.1 Å². The summed E-state index contributed by atoms with van der Waals surface area (Å²) in [4.78, 5) is 18.7. The van der Waals surface area contributed by atoms with E-state index in [-0.39, 0.29) is 16.2 Å². The van der Waals surface area contributed by atoms with Crippen molar-refractivity contribution in [3.63, 3.8) is 0 Å². The van der Waals surface area contributed by atoms with Gasteiger partial charge in [-0.2, -0.15) is 5.26 Å². The second kappa shape index (κ2) is 6.06. The largest absolute Gasteiger partial charge is 0.298 e. The lowest BCUT2D eigenvalue weighted by Gasteiger charge is -2.69. The van der Waals surface area contributed by atoms with Crippen molar-refractivity contribution in [2.24, 2.45) is 16.2 Å². The zero-order valence-electron chi connectivity index (χ0n) is 16.0. The molecule has 4 heterocycles. The minimum Gasteiger partial charge on any atom is -0.298 e. The lowest BCUT2D eigenvalue weighted by molar-refractivity contribution is -0.228. The zero-order chi connectivity index (χ0) is 17.7. The molecule has 0 spiro atoms. The van der Waals surface area contributed by atoms with E-state index in [0.717, 1.165) is 45.4 Å². The van der Waals surface area contributed by atoms with Crippen LogP contribution in [0.25, 0.3) is 0 Å². The molecule has 0 atom stereocenters. The Kier molecular flexibility index (Phi) is 4.24. The molecule has 4 saturated heterocycles. The van der Waals surface area contributed by atoms with Crippen LogP contribution < -0.4 is 0 Å². The standard InChI is InChI=1S/C21H33N3O/c1-3-19-13-23-15-20(4-2,17(19)25)16-24(14-19)18(23)21(11-8-12-22)9-6-5-7-10-21/h18H,3-11,13-16H2,1-2H3. The van der Waals surface area contributed by atoms with Gasteiger partial charge in [-0.1, -0.05) is 33.1 Å². The van der Waals surface area contributed by atoms with E-state index in [4.69, 9.17) is 0 Å². The van der Waals surface area contributed by atoms with Gasteiger partial charge in [0.15, 0.2) is 0 Å². The highest BCUT2D eigenvalue weighted by Gasteiger charge is 2.66. The molecule has 4 heteroatoms. The average molecular weight is 344 g/mol. The fourth-order valence-corrected chi connectivity index (χ4v) is 6.93. The minimum atomic E-state index is -0.131. The maximum Gasteiger partial charge on any atom is 0.150 e. The van der Waals surface area contributed by atoms with Crippen LogP contribution in [0.2, 0.25) is 0 Å². The van der Waals surface area contributed by atoms with Crippen LogP contribution in [0, 0.1) is 27.6 Å². The van der Waals surface area contributed by atoms with Crippen molar-refractivity contribution in [1.29, 1.82) is 5.26 Å². The summed E-state index contributed by atoms with van der Waals surface area (Å²) in [5, 5.41) is 9.23. The number of rotatable bonds is 5. The first-order valence-electron chi connectivity index (χ1n) is 10.4. The molecule has 0 aromatic rings. The van der Waals surface area contributed by atoms with E-state index >= 15 is 0 Å².